The van der Waals surface area contributed by atoms with E-state index in [-0.39, 0.29) is 11.9 Å². The summed E-state index contributed by atoms with van der Waals surface area (Å²) in [5.41, 5.74) is 5.41. The summed E-state index contributed by atoms with van der Waals surface area (Å²) in [7, 11) is 1.66. The first-order valence-corrected chi connectivity index (χ1v) is 6.52. The number of carbonyl (C=O) groups is 1. The third-order valence-electron chi connectivity index (χ3n) is 3.74. The van der Waals surface area contributed by atoms with Gasteiger partial charge in [-0.15, -0.1) is 0 Å². The van der Waals surface area contributed by atoms with Crippen LogP contribution in [-0.4, -0.2) is 43.7 Å². The van der Waals surface area contributed by atoms with Gasteiger partial charge < -0.3 is 15.4 Å². The molecule has 17 heavy (non-hydrogen) atoms. The molecule has 0 aromatic carbocycles. The second-order valence-electron chi connectivity index (χ2n) is 4.59. The quantitative estimate of drug-likeness (QED) is 0.706. The summed E-state index contributed by atoms with van der Waals surface area (Å²) in [5.74, 6) is 0.164. The number of hydrogen-bond acceptors (Lipinski definition) is 3. The van der Waals surface area contributed by atoms with Crippen molar-refractivity contribution in [3.05, 3.63) is 0 Å². The van der Waals surface area contributed by atoms with Crippen LogP contribution in [0.5, 0.6) is 0 Å². The standard InChI is InChI=1S/C13H28N2O2/c1-6-13(7-2,10-14)12(16)15(8-3)11(4)9-17-5/h11H,6-10,14H2,1-5H3. The molecule has 0 rings (SSSR count). The van der Waals surface area contributed by atoms with Crippen molar-refractivity contribution in [3.63, 3.8) is 0 Å². The minimum Gasteiger partial charge on any atom is -0.383 e. The minimum atomic E-state index is -0.405. The van der Waals surface area contributed by atoms with Gasteiger partial charge in [-0.25, -0.2) is 0 Å². The number of methoxy groups -OCH3 is 1. The van der Waals surface area contributed by atoms with Crippen molar-refractivity contribution >= 4 is 5.91 Å². The van der Waals surface area contributed by atoms with Crippen molar-refractivity contribution in [2.45, 2.75) is 46.6 Å². The van der Waals surface area contributed by atoms with E-state index in [9.17, 15) is 4.79 Å². The van der Waals surface area contributed by atoms with Crippen molar-refractivity contribution in [1.82, 2.24) is 4.90 Å². The van der Waals surface area contributed by atoms with E-state index in [4.69, 9.17) is 10.5 Å². The molecule has 0 aliphatic carbocycles. The maximum Gasteiger partial charge on any atom is 0.230 e. The first-order valence-electron chi connectivity index (χ1n) is 6.52. The largest absolute Gasteiger partial charge is 0.383 e. The summed E-state index contributed by atoms with van der Waals surface area (Å²) in [5, 5.41) is 0. The number of nitrogens with zero attached hydrogens (tertiary/aromatic N) is 1. The molecule has 0 fully saturated rings. The molecule has 0 aliphatic rings. The minimum absolute atomic E-state index is 0.0986. The third kappa shape index (κ3) is 3.68. The van der Waals surface area contributed by atoms with E-state index in [2.05, 4.69) is 0 Å². The molecule has 4 nitrogen and oxygen atoms in total. The van der Waals surface area contributed by atoms with Gasteiger partial charge in [0, 0.05) is 20.2 Å². The van der Waals surface area contributed by atoms with E-state index >= 15 is 0 Å². The van der Waals surface area contributed by atoms with E-state index in [0.717, 1.165) is 12.8 Å². The van der Waals surface area contributed by atoms with Gasteiger partial charge in [-0.1, -0.05) is 13.8 Å². The molecule has 0 bridgehead atoms. The average molecular weight is 244 g/mol. The predicted molar refractivity (Wildman–Crippen MR) is 70.8 cm³/mol. The van der Waals surface area contributed by atoms with Gasteiger partial charge in [0.1, 0.15) is 0 Å². The highest BCUT2D eigenvalue weighted by Crippen LogP contribution is 2.28. The summed E-state index contributed by atoms with van der Waals surface area (Å²) < 4.78 is 5.13. The van der Waals surface area contributed by atoms with Crippen molar-refractivity contribution in [3.8, 4) is 0 Å². The lowest BCUT2D eigenvalue weighted by Crippen LogP contribution is -2.51. The van der Waals surface area contributed by atoms with Crippen LogP contribution < -0.4 is 5.73 Å². The number of likely N-dealkylation sites (N-methyl/N-ethyl adjacent to an activating group) is 1. The third-order valence-corrected chi connectivity index (χ3v) is 3.74. The molecule has 0 aromatic heterocycles. The molecular formula is C13H28N2O2. The first kappa shape index (κ1) is 16.4. The van der Waals surface area contributed by atoms with Gasteiger partial charge in [-0.05, 0) is 26.7 Å². The van der Waals surface area contributed by atoms with Crippen molar-refractivity contribution in [1.29, 1.82) is 0 Å². The Morgan fingerprint density at radius 3 is 2.18 bits per heavy atom. The van der Waals surface area contributed by atoms with E-state index < -0.39 is 5.41 Å². The fourth-order valence-electron chi connectivity index (χ4n) is 2.22. The van der Waals surface area contributed by atoms with Crippen LogP contribution in [0.25, 0.3) is 0 Å². The zero-order valence-corrected chi connectivity index (χ0v) is 12.0. The van der Waals surface area contributed by atoms with Gasteiger partial charge >= 0.3 is 0 Å². The van der Waals surface area contributed by atoms with Gasteiger partial charge in [0.15, 0.2) is 0 Å². The highest BCUT2D eigenvalue weighted by molar-refractivity contribution is 5.83. The Morgan fingerprint density at radius 2 is 1.88 bits per heavy atom. The molecule has 0 spiro atoms. The van der Waals surface area contributed by atoms with E-state index in [0.29, 0.717) is 19.7 Å². The van der Waals surface area contributed by atoms with Crippen molar-refractivity contribution in [2.75, 3.05) is 26.8 Å². The fourth-order valence-corrected chi connectivity index (χ4v) is 2.22. The molecule has 4 heteroatoms. The summed E-state index contributed by atoms with van der Waals surface area (Å²) in [6.45, 7) is 9.74. The Balaban J connectivity index is 4.94. The summed E-state index contributed by atoms with van der Waals surface area (Å²) in [4.78, 5) is 14.5. The molecule has 0 saturated carbocycles. The maximum absolute atomic E-state index is 12.6. The fraction of sp³-hybridized carbons (Fsp3) is 0.923. The maximum atomic E-state index is 12.6. The van der Waals surface area contributed by atoms with Crippen molar-refractivity contribution < 1.29 is 9.53 Å². The topological polar surface area (TPSA) is 55.6 Å². The van der Waals surface area contributed by atoms with Crippen LogP contribution in [0.15, 0.2) is 0 Å². The van der Waals surface area contributed by atoms with Crippen molar-refractivity contribution in [2.24, 2.45) is 11.1 Å². The van der Waals surface area contributed by atoms with Crippen LogP contribution in [0.4, 0.5) is 0 Å². The first-order chi connectivity index (χ1) is 8.02. The monoisotopic (exact) mass is 244 g/mol. The molecule has 0 heterocycles. The molecule has 2 N–H and O–H groups in total. The van der Waals surface area contributed by atoms with E-state index in [1.54, 1.807) is 7.11 Å². The summed E-state index contributed by atoms with van der Waals surface area (Å²) in [6.07, 6.45) is 1.57. The lowest BCUT2D eigenvalue weighted by molar-refractivity contribution is -0.145. The summed E-state index contributed by atoms with van der Waals surface area (Å²) in [6, 6.07) is 0.0986. The Kier molecular flexibility index (Phi) is 7.39. The molecule has 1 amide bonds. The highest BCUT2D eigenvalue weighted by Gasteiger charge is 2.37. The van der Waals surface area contributed by atoms with Gasteiger partial charge in [-0.2, -0.15) is 0 Å². The predicted octanol–water partition coefficient (Wildman–Crippen LogP) is 1.63. The van der Waals surface area contributed by atoms with Crippen LogP contribution in [0.1, 0.15) is 40.5 Å². The Morgan fingerprint density at radius 1 is 1.35 bits per heavy atom. The molecule has 0 aromatic rings. The number of hydrogen-bond donors (Lipinski definition) is 1. The molecule has 1 atom stereocenters. The Labute approximate surface area is 105 Å². The number of nitrogens with two attached hydrogens (primary N) is 1. The van der Waals surface area contributed by atoms with Gasteiger partial charge in [0.2, 0.25) is 5.91 Å². The van der Waals surface area contributed by atoms with Crippen LogP contribution in [0.2, 0.25) is 0 Å². The zero-order valence-electron chi connectivity index (χ0n) is 12.0. The van der Waals surface area contributed by atoms with E-state index in [1.807, 2.05) is 32.6 Å². The van der Waals surface area contributed by atoms with Crippen LogP contribution in [0, 0.1) is 5.41 Å². The molecule has 0 saturated heterocycles. The average Bonchev–Trinajstić information content (AvgIpc) is 2.33. The molecule has 0 aliphatic heterocycles. The number of rotatable bonds is 8. The molecule has 102 valence electrons. The van der Waals surface area contributed by atoms with Gasteiger partial charge in [0.25, 0.3) is 0 Å². The smallest absolute Gasteiger partial charge is 0.230 e. The van der Waals surface area contributed by atoms with Crippen LogP contribution in [-0.2, 0) is 9.53 Å². The second-order valence-corrected chi connectivity index (χ2v) is 4.59. The normalized spacial score (nSPS) is 13.5. The van der Waals surface area contributed by atoms with Crippen LogP contribution >= 0.6 is 0 Å². The SMILES string of the molecule is CCN(C(=O)C(CC)(CC)CN)C(C)COC. The Hall–Kier alpha value is -0.610. The number of carbonyl (C=O) groups excluding carboxylic acids is 1. The molecular weight excluding hydrogens is 216 g/mol. The van der Waals surface area contributed by atoms with Gasteiger partial charge in [-0.3, -0.25) is 4.79 Å². The summed E-state index contributed by atoms with van der Waals surface area (Å²) >= 11 is 0. The second kappa shape index (κ2) is 7.67. The number of amides is 1. The molecule has 1 unspecified atom stereocenters. The Bertz CT molecular complexity index is 219. The van der Waals surface area contributed by atoms with Crippen LogP contribution in [0.3, 0.4) is 0 Å². The van der Waals surface area contributed by atoms with Gasteiger partial charge in [0.05, 0.1) is 18.1 Å². The number of ether oxygens (including phenoxy) is 1. The lowest BCUT2D eigenvalue weighted by atomic mass is 9.80. The highest BCUT2D eigenvalue weighted by atomic mass is 16.5. The lowest BCUT2D eigenvalue weighted by Gasteiger charge is -2.37. The van der Waals surface area contributed by atoms with E-state index in [1.165, 1.54) is 0 Å². The zero-order chi connectivity index (χ0) is 13.5. The molecule has 0 radical (unpaired) electrons.